The van der Waals surface area contributed by atoms with E-state index in [1.54, 1.807) is 36.2 Å². The number of methoxy groups -OCH3 is 2. The molecule has 0 atom stereocenters. The first-order chi connectivity index (χ1) is 14.0. The number of carbonyl (C=O) groups is 2. The Morgan fingerprint density at radius 3 is 2.24 bits per heavy atom. The predicted molar refractivity (Wildman–Crippen MR) is 107 cm³/mol. The lowest BCUT2D eigenvalue weighted by Crippen LogP contribution is -2.50. The Bertz CT molecular complexity index is 879. The summed E-state index contributed by atoms with van der Waals surface area (Å²) in [7, 11) is 3.16. The van der Waals surface area contributed by atoms with Crippen LogP contribution >= 0.6 is 0 Å². The van der Waals surface area contributed by atoms with Crippen LogP contribution in [-0.4, -0.2) is 62.0 Å². The van der Waals surface area contributed by atoms with Gasteiger partial charge in [-0.15, -0.1) is 0 Å². The monoisotopic (exact) mass is 400 g/mol. The molecule has 0 N–H and O–H groups in total. The Hall–Kier alpha value is -3.09. The fourth-order valence-electron chi connectivity index (χ4n) is 3.41. The molecule has 29 heavy (non-hydrogen) atoms. The Morgan fingerprint density at radius 2 is 1.59 bits per heavy atom. The summed E-state index contributed by atoms with van der Waals surface area (Å²) in [6.07, 6.45) is 0.963. The third kappa shape index (κ3) is 4.85. The zero-order valence-corrected chi connectivity index (χ0v) is 16.7. The van der Waals surface area contributed by atoms with E-state index in [-0.39, 0.29) is 17.4 Å². The summed E-state index contributed by atoms with van der Waals surface area (Å²) in [6.45, 7) is 1.69. The van der Waals surface area contributed by atoms with E-state index in [0.29, 0.717) is 50.5 Å². The van der Waals surface area contributed by atoms with Crippen molar-refractivity contribution in [3.05, 3.63) is 59.4 Å². The quantitative estimate of drug-likeness (QED) is 0.748. The largest absolute Gasteiger partial charge is 0.493 e. The summed E-state index contributed by atoms with van der Waals surface area (Å²) in [5.74, 6) is 0.472. The molecule has 0 radical (unpaired) electrons. The summed E-state index contributed by atoms with van der Waals surface area (Å²) in [6, 6.07) is 11.6. The molecule has 0 bridgehead atoms. The van der Waals surface area contributed by atoms with Gasteiger partial charge in [0, 0.05) is 32.6 Å². The summed E-state index contributed by atoms with van der Waals surface area (Å²) in [5, 5.41) is 0. The molecule has 6 nitrogen and oxygen atoms in total. The smallest absolute Gasteiger partial charge is 0.256 e. The minimum Gasteiger partial charge on any atom is -0.493 e. The zero-order chi connectivity index (χ0) is 20.8. The first-order valence-corrected chi connectivity index (χ1v) is 9.56. The first-order valence-electron chi connectivity index (χ1n) is 9.56. The SMILES string of the molecule is COc1ccc(CCC(=O)N2CCN(C(=O)c3ccccc3F)CC2)cc1OC. The second-order valence-electron chi connectivity index (χ2n) is 6.84. The molecule has 154 valence electrons. The van der Waals surface area contributed by atoms with Crippen molar-refractivity contribution in [2.45, 2.75) is 12.8 Å². The van der Waals surface area contributed by atoms with E-state index in [1.165, 1.54) is 12.1 Å². The van der Waals surface area contributed by atoms with Crippen molar-refractivity contribution in [1.29, 1.82) is 0 Å². The minimum atomic E-state index is -0.522. The number of amides is 2. The van der Waals surface area contributed by atoms with E-state index in [1.807, 2.05) is 18.2 Å². The number of hydrogen-bond acceptors (Lipinski definition) is 4. The van der Waals surface area contributed by atoms with Crippen molar-refractivity contribution in [1.82, 2.24) is 9.80 Å². The van der Waals surface area contributed by atoms with Gasteiger partial charge in [-0.05, 0) is 36.2 Å². The summed E-state index contributed by atoms with van der Waals surface area (Å²) in [4.78, 5) is 28.4. The van der Waals surface area contributed by atoms with Crippen LogP contribution in [0.2, 0.25) is 0 Å². The Morgan fingerprint density at radius 1 is 0.931 bits per heavy atom. The highest BCUT2D eigenvalue weighted by molar-refractivity contribution is 5.94. The number of hydrogen-bond donors (Lipinski definition) is 0. The second kappa shape index (κ2) is 9.41. The number of piperazine rings is 1. The van der Waals surface area contributed by atoms with Crippen LogP contribution in [0.25, 0.3) is 0 Å². The molecule has 0 unspecified atom stereocenters. The fraction of sp³-hybridized carbons (Fsp3) is 0.364. The van der Waals surface area contributed by atoms with E-state index >= 15 is 0 Å². The zero-order valence-electron chi connectivity index (χ0n) is 16.7. The highest BCUT2D eigenvalue weighted by Crippen LogP contribution is 2.28. The molecule has 0 saturated carbocycles. The molecule has 2 aromatic rings. The topological polar surface area (TPSA) is 59.1 Å². The van der Waals surface area contributed by atoms with Crippen LogP contribution in [0.4, 0.5) is 4.39 Å². The van der Waals surface area contributed by atoms with Crippen molar-refractivity contribution < 1.29 is 23.5 Å². The van der Waals surface area contributed by atoms with Gasteiger partial charge >= 0.3 is 0 Å². The predicted octanol–water partition coefficient (Wildman–Crippen LogP) is 2.76. The standard InChI is InChI=1S/C22H25FN2O4/c1-28-19-9-7-16(15-20(19)29-2)8-10-21(26)24-11-13-25(14-12-24)22(27)17-5-3-4-6-18(17)23/h3-7,9,15H,8,10-14H2,1-2H3. The number of halogens is 1. The lowest BCUT2D eigenvalue weighted by Gasteiger charge is -2.35. The normalized spacial score (nSPS) is 13.9. The van der Waals surface area contributed by atoms with Gasteiger partial charge in [-0.1, -0.05) is 18.2 Å². The van der Waals surface area contributed by atoms with Crippen LogP contribution < -0.4 is 9.47 Å². The summed E-state index contributed by atoms with van der Waals surface area (Å²) < 4.78 is 24.4. The number of carbonyl (C=O) groups excluding carboxylic acids is 2. The van der Waals surface area contributed by atoms with Crippen molar-refractivity contribution in [3.8, 4) is 11.5 Å². The number of aryl methyl sites for hydroxylation is 1. The van der Waals surface area contributed by atoms with Crippen molar-refractivity contribution >= 4 is 11.8 Å². The lowest BCUT2D eigenvalue weighted by atomic mass is 10.1. The first kappa shape index (κ1) is 20.6. The number of nitrogens with zero attached hydrogens (tertiary/aromatic N) is 2. The number of ether oxygens (including phenoxy) is 2. The molecule has 2 aromatic carbocycles. The van der Waals surface area contributed by atoms with Crippen molar-refractivity contribution in [2.75, 3.05) is 40.4 Å². The maximum absolute atomic E-state index is 13.8. The van der Waals surface area contributed by atoms with E-state index in [2.05, 4.69) is 0 Å². The lowest BCUT2D eigenvalue weighted by molar-refractivity contribution is -0.132. The molecule has 1 heterocycles. The van der Waals surface area contributed by atoms with Gasteiger partial charge in [0.2, 0.25) is 5.91 Å². The van der Waals surface area contributed by atoms with Gasteiger partial charge in [0.15, 0.2) is 11.5 Å². The fourth-order valence-corrected chi connectivity index (χ4v) is 3.41. The Balaban J connectivity index is 1.51. The molecule has 0 spiro atoms. The highest BCUT2D eigenvalue weighted by Gasteiger charge is 2.26. The number of rotatable bonds is 6. The van der Waals surface area contributed by atoms with E-state index in [0.717, 1.165) is 5.56 Å². The molecular formula is C22H25FN2O4. The van der Waals surface area contributed by atoms with Gasteiger partial charge < -0.3 is 19.3 Å². The van der Waals surface area contributed by atoms with Gasteiger partial charge in [0.05, 0.1) is 19.8 Å². The van der Waals surface area contributed by atoms with Crippen LogP contribution in [0.5, 0.6) is 11.5 Å². The molecule has 1 saturated heterocycles. The summed E-state index contributed by atoms with van der Waals surface area (Å²) in [5.41, 5.74) is 1.06. The van der Waals surface area contributed by atoms with E-state index < -0.39 is 5.82 Å². The molecule has 7 heteroatoms. The van der Waals surface area contributed by atoms with E-state index in [9.17, 15) is 14.0 Å². The molecule has 1 aliphatic heterocycles. The van der Waals surface area contributed by atoms with Gasteiger partial charge in [-0.2, -0.15) is 0 Å². The maximum Gasteiger partial charge on any atom is 0.256 e. The molecule has 1 aliphatic rings. The molecule has 0 aliphatic carbocycles. The third-order valence-electron chi connectivity index (χ3n) is 5.10. The van der Waals surface area contributed by atoms with Crippen LogP contribution in [0.1, 0.15) is 22.3 Å². The molecule has 1 fully saturated rings. The third-order valence-corrected chi connectivity index (χ3v) is 5.10. The molecule has 0 aromatic heterocycles. The molecule has 3 rings (SSSR count). The van der Waals surface area contributed by atoms with Crippen LogP contribution in [-0.2, 0) is 11.2 Å². The van der Waals surface area contributed by atoms with Gasteiger partial charge in [-0.3, -0.25) is 9.59 Å². The van der Waals surface area contributed by atoms with E-state index in [4.69, 9.17) is 9.47 Å². The van der Waals surface area contributed by atoms with Crippen LogP contribution in [0, 0.1) is 5.82 Å². The van der Waals surface area contributed by atoms with Crippen molar-refractivity contribution in [3.63, 3.8) is 0 Å². The maximum atomic E-state index is 13.8. The van der Waals surface area contributed by atoms with Gasteiger partial charge in [0.25, 0.3) is 5.91 Å². The Labute approximate surface area is 169 Å². The molecular weight excluding hydrogens is 375 g/mol. The average Bonchev–Trinajstić information content (AvgIpc) is 2.77. The second-order valence-corrected chi connectivity index (χ2v) is 6.84. The minimum absolute atomic E-state index is 0.0396. The van der Waals surface area contributed by atoms with Crippen molar-refractivity contribution in [2.24, 2.45) is 0 Å². The Kier molecular flexibility index (Phi) is 6.69. The summed E-state index contributed by atoms with van der Waals surface area (Å²) >= 11 is 0. The average molecular weight is 400 g/mol. The number of benzene rings is 2. The molecule has 2 amide bonds. The van der Waals surface area contributed by atoms with Crippen LogP contribution in [0.15, 0.2) is 42.5 Å². The van der Waals surface area contributed by atoms with Gasteiger partial charge in [0.1, 0.15) is 5.82 Å². The van der Waals surface area contributed by atoms with Crippen LogP contribution in [0.3, 0.4) is 0 Å². The highest BCUT2D eigenvalue weighted by atomic mass is 19.1. The van der Waals surface area contributed by atoms with Gasteiger partial charge in [-0.25, -0.2) is 4.39 Å².